The summed E-state index contributed by atoms with van der Waals surface area (Å²) in [4.78, 5) is 13.4. The normalized spacial score (nSPS) is 20.0. The van der Waals surface area contributed by atoms with Gasteiger partial charge in [0.15, 0.2) is 0 Å². The van der Waals surface area contributed by atoms with Gasteiger partial charge in [-0.25, -0.2) is 4.79 Å². The van der Waals surface area contributed by atoms with Gasteiger partial charge < -0.3 is 9.84 Å². The SMILES string of the molecule is CCC1CCCN(CCOc2cccc(C(=O)O)c2)CC1. The van der Waals surface area contributed by atoms with Crippen molar-refractivity contribution in [1.29, 1.82) is 0 Å². The van der Waals surface area contributed by atoms with Crippen molar-refractivity contribution in [1.82, 2.24) is 4.90 Å². The first-order valence-electron chi connectivity index (χ1n) is 7.87. The summed E-state index contributed by atoms with van der Waals surface area (Å²) in [6.45, 7) is 6.10. The number of rotatable bonds is 6. The second kappa shape index (κ2) is 8.03. The van der Waals surface area contributed by atoms with Gasteiger partial charge in [0.1, 0.15) is 12.4 Å². The predicted molar refractivity (Wildman–Crippen MR) is 83.0 cm³/mol. The summed E-state index contributed by atoms with van der Waals surface area (Å²) < 4.78 is 5.69. The van der Waals surface area contributed by atoms with Gasteiger partial charge in [0.2, 0.25) is 0 Å². The Morgan fingerprint density at radius 1 is 1.38 bits per heavy atom. The molecule has 2 rings (SSSR count). The van der Waals surface area contributed by atoms with Gasteiger partial charge in [-0.3, -0.25) is 4.90 Å². The number of ether oxygens (including phenoxy) is 1. The van der Waals surface area contributed by atoms with Gasteiger partial charge in [-0.15, -0.1) is 0 Å². The van der Waals surface area contributed by atoms with E-state index in [2.05, 4.69) is 11.8 Å². The average molecular weight is 291 g/mol. The molecule has 0 radical (unpaired) electrons. The largest absolute Gasteiger partial charge is 0.492 e. The van der Waals surface area contributed by atoms with Crippen molar-refractivity contribution >= 4 is 5.97 Å². The summed E-state index contributed by atoms with van der Waals surface area (Å²) in [6, 6.07) is 6.69. The Morgan fingerprint density at radius 2 is 2.24 bits per heavy atom. The van der Waals surface area contributed by atoms with Crippen LogP contribution in [0.1, 0.15) is 43.0 Å². The molecule has 4 nitrogen and oxygen atoms in total. The van der Waals surface area contributed by atoms with Gasteiger partial charge >= 0.3 is 5.97 Å². The second-order valence-corrected chi connectivity index (χ2v) is 5.73. The van der Waals surface area contributed by atoms with Crippen LogP contribution in [-0.4, -0.2) is 42.2 Å². The van der Waals surface area contributed by atoms with E-state index >= 15 is 0 Å². The molecule has 21 heavy (non-hydrogen) atoms. The van der Waals surface area contributed by atoms with Crippen molar-refractivity contribution in [3.05, 3.63) is 29.8 Å². The molecule has 1 fully saturated rings. The maximum absolute atomic E-state index is 10.9. The highest BCUT2D eigenvalue weighted by Crippen LogP contribution is 2.20. The number of hydrogen-bond acceptors (Lipinski definition) is 3. The summed E-state index contributed by atoms with van der Waals surface area (Å²) in [6.07, 6.45) is 5.18. The van der Waals surface area contributed by atoms with E-state index < -0.39 is 5.97 Å². The van der Waals surface area contributed by atoms with Crippen LogP contribution < -0.4 is 4.74 Å². The molecule has 0 bridgehead atoms. The van der Waals surface area contributed by atoms with E-state index in [-0.39, 0.29) is 5.56 Å². The lowest BCUT2D eigenvalue weighted by atomic mass is 9.98. The molecule has 4 heteroatoms. The molecule has 0 saturated carbocycles. The van der Waals surface area contributed by atoms with Crippen LogP contribution in [0.15, 0.2) is 24.3 Å². The fourth-order valence-electron chi connectivity index (χ4n) is 2.87. The summed E-state index contributed by atoms with van der Waals surface area (Å²) in [5.41, 5.74) is 0.271. The highest BCUT2D eigenvalue weighted by atomic mass is 16.5. The molecule has 0 aliphatic carbocycles. The maximum atomic E-state index is 10.9. The first kappa shape index (κ1) is 15.8. The van der Waals surface area contributed by atoms with Crippen LogP contribution >= 0.6 is 0 Å². The Bertz CT molecular complexity index is 461. The maximum Gasteiger partial charge on any atom is 0.335 e. The predicted octanol–water partition coefficient (Wildman–Crippen LogP) is 3.28. The van der Waals surface area contributed by atoms with Crippen LogP contribution in [0.5, 0.6) is 5.75 Å². The molecule has 0 amide bonds. The van der Waals surface area contributed by atoms with Crippen molar-refractivity contribution < 1.29 is 14.6 Å². The van der Waals surface area contributed by atoms with Crippen LogP contribution in [0.4, 0.5) is 0 Å². The molecule has 1 atom stereocenters. The van der Waals surface area contributed by atoms with Gasteiger partial charge in [0, 0.05) is 6.54 Å². The smallest absolute Gasteiger partial charge is 0.335 e. The number of benzene rings is 1. The number of carboxylic acid groups (broad SMARTS) is 1. The van der Waals surface area contributed by atoms with Crippen molar-refractivity contribution in [2.75, 3.05) is 26.2 Å². The van der Waals surface area contributed by atoms with Gasteiger partial charge in [0.25, 0.3) is 0 Å². The van der Waals surface area contributed by atoms with E-state index in [4.69, 9.17) is 9.84 Å². The molecule has 1 heterocycles. The Balaban J connectivity index is 1.76. The molecule has 0 spiro atoms. The minimum absolute atomic E-state index is 0.271. The van der Waals surface area contributed by atoms with E-state index in [1.165, 1.54) is 25.7 Å². The van der Waals surface area contributed by atoms with Gasteiger partial charge in [-0.1, -0.05) is 19.4 Å². The molecule has 116 valence electrons. The van der Waals surface area contributed by atoms with E-state index in [1.807, 2.05) is 6.07 Å². The van der Waals surface area contributed by atoms with Crippen molar-refractivity contribution in [2.45, 2.75) is 32.6 Å². The Kier molecular flexibility index (Phi) is 6.05. The summed E-state index contributed by atoms with van der Waals surface area (Å²) in [5, 5.41) is 8.95. The zero-order valence-electron chi connectivity index (χ0n) is 12.8. The minimum Gasteiger partial charge on any atom is -0.492 e. The third-order valence-electron chi connectivity index (χ3n) is 4.27. The molecular formula is C17H25NO3. The first-order valence-corrected chi connectivity index (χ1v) is 7.87. The summed E-state index contributed by atoms with van der Waals surface area (Å²) in [5.74, 6) is 0.595. The van der Waals surface area contributed by atoms with Crippen molar-refractivity contribution in [3.63, 3.8) is 0 Å². The molecule has 1 unspecified atom stereocenters. The molecule has 0 aromatic heterocycles. The molecule has 1 N–H and O–H groups in total. The molecule has 1 aromatic rings. The number of carboxylic acids is 1. The van der Waals surface area contributed by atoms with E-state index in [9.17, 15) is 4.79 Å². The molecule has 1 aliphatic heterocycles. The number of carbonyl (C=O) groups is 1. The Labute approximate surface area is 126 Å². The first-order chi connectivity index (χ1) is 10.2. The molecule has 1 aromatic carbocycles. The second-order valence-electron chi connectivity index (χ2n) is 5.73. The van der Waals surface area contributed by atoms with Crippen LogP contribution in [0.2, 0.25) is 0 Å². The number of aromatic carboxylic acids is 1. The third kappa shape index (κ3) is 5.05. The van der Waals surface area contributed by atoms with Crippen molar-refractivity contribution in [2.24, 2.45) is 5.92 Å². The number of likely N-dealkylation sites (tertiary alicyclic amines) is 1. The van der Waals surface area contributed by atoms with E-state index in [0.29, 0.717) is 12.4 Å². The highest BCUT2D eigenvalue weighted by molar-refractivity contribution is 5.87. The summed E-state index contributed by atoms with van der Waals surface area (Å²) in [7, 11) is 0. The Morgan fingerprint density at radius 3 is 3.00 bits per heavy atom. The van der Waals surface area contributed by atoms with Crippen LogP contribution in [0.25, 0.3) is 0 Å². The quantitative estimate of drug-likeness (QED) is 0.874. The van der Waals surface area contributed by atoms with Gasteiger partial charge in [0.05, 0.1) is 5.56 Å². The van der Waals surface area contributed by atoms with Crippen LogP contribution in [0, 0.1) is 5.92 Å². The summed E-state index contributed by atoms with van der Waals surface area (Å²) >= 11 is 0. The third-order valence-corrected chi connectivity index (χ3v) is 4.27. The fraction of sp³-hybridized carbons (Fsp3) is 0.588. The van der Waals surface area contributed by atoms with Crippen LogP contribution in [-0.2, 0) is 0 Å². The molecule has 1 aliphatic rings. The van der Waals surface area contributed by atoms with E-state index in [0.717, 1.165) is 25.6 Å². The number of nitrogens with zero attached hydrogens (tertiary/aromatic N) is 1. The van der Waals surface area contributed by atoms with Crippen molar-refractivity contribution in [3.8, 4) is 5.75 Å². The topological polar surface area (TPSA) is 49.8 Å². The monoisotopic (exact) mass is 291 g/mol. The zero-order chi connectivity index (χ0) is 15.1. The fourth-order valence-corrected chi connectivity index (χ4v) is 2.87. The molecule has 1 saturated heterocycles. The zero-order valence-corrected chi connectivity index (χ0v) is 12.8. The minimum atomic E-state index is -0.918. The lowest BCUT2D eigenvalue weighted by Gasteiger charge is -2.20. The van der Waals surface area contributed by atoms with Gasteiger partial charge in [-0.2, -0.15) is 0 Å². The lowest BCUT2D eigenvalue weighted by Crippen LogP contribution is -2.29. The lowest BCUT2D eigenvalue weighted by molar-refractivity contribution is 0.0696. The Hall–Kier alpha value is -1.55. The standard InChI is InChI=1S/C17H25NO3/c1-2-14-5-4-9-18(10-8-14)11-12-21-16-7-3-6-15(13-16)17(19)20/h3,6-7,13-14H,2,4-5,8-12H2,1H3,(H,19,20). The highest BCUT2D eigenvalue weighted by Gasteiger charge is 2.15. The van der Waals surface area contributed by atoms with E-state index in [1.54, 1.807) is 18.2 Å². The van der Waals surface area contributed by atoms with Crippen LogP contribution in [0.3, 0.4) is 0 Å². The number of hydrogen-bond donors (Lipinski definition) is 1. The molecular weight excluding hydrogens is 266 g/mol. The average Bonchev–Trinajstić information content (AvgIpc) is 2.73. The van der Waals surface area contributed by atoms with Gasteiger partial charge in [-0.05, 0) is 56.5 Å².